The minimum Gasteiger partial charge on any atom is -0.496 e. The molecule has 0 bridgehead atoms. The van der Waals surface area contributed by atoms with E-state index in [1.54, 1.807) is 7.11 Å². The molecule has 1 aliphatic carbocycles. The molecule has 0 radical (unpaired) electrons. The first kappa shape index (κ1) is 16.0. The summed E-state index contributed by atoms with van der Waals surface area (Å²) in [6.45, 7) is 11.0. The average Bonchev–Trinajstić information content (AvgIpc) is 3.37. The first-order chi connectivity index (χ1) is 10.5. The Kier molecular flexibility index (Phi) is 4.12. The first-order valence-electron chi connectivity index (χ1n) is 8.21. The Labute approximate surface area is 133 Å². The largest absolute Gasteiger partial charge is 0.496 e. The lowest BCUT2D eigenvalue weighted by molar-refractivity contribution is -0.119. The maximum atomic E-state index is 6.14. The predicted molar refractivity (Wildman–Crippen MR) is 84.6 cm³/mol. The van der Waals surface area contributed by atoms with Crippen molar-refractivity contribution in [1.82, 2.24) is 0 Å². The Bertz CT molecular complexity index is 464. The summed E-state index contributed by atoms with van der Waals surface area (Å²) >= 11 is 0. The summed E-state index contributed by atoms with van der Waals surface area (Å²) in [4.78, 5) is 0. The summed E-state index contributed by atoms with van der Waals surface area (Å²) in [5, 5.41) is 0. The molecule has 0 amide bonds. The lowest BCUT2D eigenvalue weighted by Gasteiger charge is -2.42. The predicted octanol–water partition coefficient (Wildman–Crippen LogP) is 3.22. The zero-order chi connectivity index (χ0) is 16.0. The average molecular weight is 308 g/mol. The smallest absolute Gasteiger partial charge is 0.124 e. The highest BCUT2D eigenvalue weighted by atomic mass is 16.6. The molecule has 0 N–H and O–H groups in total. The molecular formula is C18H28O4. The summed E-state index contributed by atoms with van der Waals surface area (Å²) in [5.41, 5.74) is 1.07. The SMILES string of the molecule is C=CO[C@@H]1CC[C@]2(CO2)[C@@H]([C@@]2(C)O[C@@H]2CC=C(C)C)[C@@H]1OC. The summed E-state index contributed by atoms with van der Waals surface area (Å²) in [6, 6.07) is 0. The van der Waals surface area contributed by atoms with E-state index in [-0.39, 0.29) is 35.4 Å². The number of ether oxygens (including phenoxy) is 4. The molecule has 0 unspecified atom stereocenters. The molecule has 0 aromatic carbocycles. The number of hydrogen-bond donors (Lipinski definition) is 0. The van der Waals surface area contributed by atoms with Crippen LogP contribution in [0.3, 0.4) is 0 Å². The van der Waals surface area contributed by atoms with Crippen LogP contribution in [0.4, 0.5) is 0 Å². The molecule has 4 heteroatoms. The second kappa shape index (κ2) is 5.66. The Morgan fingerprint density at radius 3 is 2.68 bits per heavy atom. The van der Waals surface area contributed by atoms with E-state index < -0.39 is 0 Å². The van der Waals surface area contributed by atoms with Crippen LogP contribution in [0.2, 0.25) is 0 Å². The quantitative estimate of drug-likeness (QED) is 0.429. The van der Waals surface area contributed by atoms with E-state index in [4.69, 9.17) is 18.9 Å². The highest BCUT2D eigenvalue weighted by molar-refractivity contribution is 5.20. The molecule has 4 nitrogen and oxygen atoms in total. The Morgan fingerprint density at radius 2 is 2.14 bits per heavy atom. The number of methoxy groups -OCH3 is 1. The minimum absolute atomic E-state index is 0.0176. The summed E-state index contributed by atoms with van der Waals surface area (Å²) in [6.07, 6.45) is 6.93. The van der Waals surface area contributed by atoms with Crippen LogP contribution >= 0.6 is 0 Å². The summed E-state index contributed by atoms with van der Waals surface area (Å²) < 4.78 is 23.6. The van der Waals surface area contributed by atoms with E-state index in [0.29, 0.717) is 0 Å². The molecule has 2 aliphatic heterocycles. The molecule has 3 aliphatic rings. The van der Waals surface area contributed by atoms with Gasteiger partial charge in [-0.3, -0.25) is 0 Å². The van der Waals surface area contributed by atoms with Crippen LogP contribution in [0.5, 0.6) is 0 Å². The second-order valence-electron chi connectivity index (χ2n) is 7.22. The molecule has 3 rings (SSSR count). The summed E-state index contributed by atoms with van der Waals surface area (Å²) in [7, 11) is 1.76. The lowest BCUT2D eigenvalue weighted by Crippen LogP contribution is -2.55. The van der Waals surface area contributed by atoms with Gasteiger partial charge in [0.25, 0.3) is 0 Å². The number of epoxide rings is 2. The third kappa shape index (κ3) is 2.61. The molecule has 6 atom stereocenters. The molecule has 1 saturated carbocycles. The van der Waals surface area contributed by atoms with Gasteiger partial charge < -0.3 is 18.9 Å². The highest BCUT2D eigenvalue weighted by Crippen LogP contribution is 2.59. The van der Waals surface area contributed by atoms with Crippen LogP contribution in [-0.4, -0.2) is 43.2 Å². The zero-order valence-corrected chi connectivity index (χ0v) is 14.1. The standard InChI is InChI=1S/C18H28O4/c1-6-20-13-9-10-18(11-21-18)16(15(13)19-5)17(4)14(22-17)8-7-12(2)3/h6-7,13-16H,1,8-11H2,2-5H3/t13-,14-,15-,16-,17+,18+/m1/s1. The van der Waals surface area contributed by atoms with Gasteiger partial charge in [-0.25, -0.2) is 0 Å². The Morgan fingerprint density at radius 1 is 1.41 bits per heavy atom. The van der Waals surface area contributed by atoms with E-state index in [2.05, 4.69) is 33.4 Å². The van der Waals surface area contributed by atoms with Gasteiger partial charge in [-0.05, 0) is 40.0 Å². The van der Waals surface area contributed by atoms with Gasteiger partial charge in [0.05, 0.1) is 24.9 Å². The third-order valence-electron chi connectivity index (χ3n) is 5.51. The third-order valence-corrected chi connectivity index (χ3v) is 5.51. The molecule has 22 heavy (non-hydrogen) atoms. The molecule has 0 aromatic heterocycles. The maximum absolute atomic E-state index is 6.14. The van der Waals surface area contributed by atoms with Gasteiger partial charge in [-0.2, -0.15) is 0 Å². The van der Waals surface area contributed by atoms with Crippen LogP contribution < -0.4 is 0 Å². The minimum atomic E-state index is -0.188. The molecule has 1 spiro atoms. The molecule has 3 fully saturated rings. The topological polar surface area (TPSA) is 43.5 Å². The van der Waals surface area contributed by atoms with E-state index in [1.165, 1.54) is 11.8 Å². The maximum Gasteiger partial charge on any atom is 0.124 e. The van der Waals surface area contributed by atoms with E-state index in [1.807, 2.05) is 0 Å². The first-order valence-corrected chi connectivity index (χ1v) is 8.21. The highest BCUT2D eigenvalue weighted by Gasteiger charge is 2.72. The summed E-state index contributed by atoms with van der Waals surface area (Å²) in [5.74, 6) is 0.208. The van der Waals surface area contributed by atoms with Crippen molar-refractivity contribution in [2.45, 2.75) is 69.5 Å². The molecule has 2 heterocycles. The van der Waals surface area contributed by atoms with E-state index >= 15 is 0 Å². The van der Waals surface area contributed by atoms with Crippen molar-refractivity contribution in [3.05, 3.63) is 24.5 Å². The lowest BCUT2D eigenvalue weighted by atomic mass is 9.68. The Hall–Kier alpha value is -0.840. The van der Waals surface area contributed by atoms with Crippen LogP contribution in [0.15, 0.2) is 24.5 Å². The van der Waals surface area contributed by atoms with Crippen molar-refractivity contribution in [1.29, 1.82) is 0 Å². The van der Waals surface area contributed by atoms with Gasteiger partial charge in [0.1, 0.15) is 23.4 Å². The van der Waals surface area contributed by atoms with E-state index in [0.717, 1.165) is 25.9 Å². The van der Waals surface area contributed by atoms with E-state index in [9.17, 15) is 0 Å². The van der Waals surface area contributed by atoms with Crippen molar-refractivity contribution in [3.63, 3.8) is 0 Å². The van der Waals surface area contributed by atoms with Gasteiger partial charge in [0.15, 0.2) is 0 Å². The number of allylic oxidation sites excluding steroid dienone is 1. The molecular weight excluding hydrogens is 280 g/mol. The Balaban J connectivity index is 1.79. The van der Waals surface area contributed by atoms with Crippen molar-refractivity contribution in [3.8, 4) is 0 Å². The van der Waals surface area contributed by atoms with Crippen molar-refractivity contribution >= 4 is 0 Å². The van der Waals surface area contributed by atoms with Gasteiger partial charge in [0, 0.05) is 7.11 Å². The molecule has 2 saturated heterocycles. The normalized spacial score (nSPS) is 46.2. The van der Waals surface area contributed by atoms with Gasteiger partial charge in [-0.15, -0.1) is 0 Å². The van der Waals surface area contributed by atoms with Crippen LogP contribution in [-0.2, 0) is 18.9 Å². The van der Waals surface area contributed by atoms with Crippen molar-refractivity contribution < 1.29 is 18.9 Å². The second-order valence-corrected chi connectivity index (χ2v) is 7.22. The number of rotatable bonds is 6. The zero-order valence-electron chi connectivity index (χ0n) is 14.1. The fourth-order valence-electron chi connectivity index (χ4n) is 4.21. The van der Waals surface area contributed by atoms with Gasteiger partial charge in [0.2, 0.25) is 0 Å². The van der Waals surface area contributed by atoms with Crippen LogP contribution in [0.25, 0.3) is 0 Å². The van der Waals surface area contributed by atoms with Gasteiger partial charge >= 0.3 is 0 Å². The van der Waals surface area contributed by atoms with Crippen LogP contribution in [0.1, 0.15) is 40.0 Å². The fourth-order valence-corrected chi connectivity index (χ4v) is 4.21. The fraction of sp³-hybridized carbons (Fsp3) is 0.778. The van der Waals surface area contributed by atoms with Crippen molar-refractivity contribution in [2.24, 2.45) is 5.92 Å². The number of hydrogen-bond acceptors (Lipinski definition) is 4. The molecule has 124 valence electrons. The molecule has 0 aromatic rings. The van der Waals surface area contributed by atoms with Crippen molar-refractivity contribution in [2.75, 3.05) is 13.7 Å². The van der Waals surface area contributed by atoms with Crippen LogP contribution in [0, 0.1) is 5.92 Å². The monoisotopic (exact) mass is 308 g/mol. The van der Waals surface area contributed by atoms with Gasteiger partial charge in [-0.1, -0.05) is 18.2 Å².